The van der Waals surface area contributed by atoms with Crippen molar-refractivity contribution in [3.63, 3.8) is 0 Å². The van der Waals surface area contributed by atoms with E-state index in [0.29, 0.717) is 11.4 Å². The van der Waals surface area contributed by atoms with Crippen LogP contribution in [0, 0.1) is 0 Å². The van der Waals surface area contributed by atoms with Crippen LogP contribution in [-0.2, 0) is 6.18 Å². The van der Waals surface area contributed by atoms with Gasteiger partial charge in [0.15, 0.2) is 0 Å². The van der Waals surface area contributed by atoms with Gasteiger partial charge in [0.05, 0.1) is 17.4 Å². The van der Waals surface area contributed by atoms with E-state index in [-0.39, 0.29) is 17.0 Å². The number of nitrogens with one attached hydrogen (secondary N) is 1. The Morgan fingerprint density at radius 1 is 0.966 bits per heavy atom. The molecule has 0 aliphatic rings. The minimum atomic E-state index is -4.47. The number of ether oxygens (including phenoxy) is 1. The molecule has 0 spiro atoms. The monoisotopic (exact) mass is 401 g/mol. The molecular formula is C20H14F3N3O3. The van der Waals surface area contributed by atoms with Crippen LogP contribution < -0.4 is 15.8 Å². The second kappa shape index (κ2) is 8.01. The third-order valence-electron chi connectivity index (χ3n) is 3.81. The smallest absolute Gasteiger partial charge is 0.416 e. The molecule has 3 aromatic rings. The van der Waals surface area contributed by atoms with Crippen molar-refractivity contribution in [3.8, 4) is 11.6 Å². The Bertz CT molecular complexity index is 1030. The third kappa shape index (κ3) is 5.10. The normalized spacial score (nSPS) is 11.0. The van der Waals surface area contributed by atoms with Gasteiger partial charge in [-0.1, -0.05) is 6.07 Å². The van der Waals surface area contributed by atoms with Crippen molar-refractivity contribution in [1.82, 2.24) is 4.98 Å². The Morgan fingerprint density at radius 3 is 2.28 bits per heavy atom. The first-order chi connectivity index (χ1) is 13.7. The minimum Gasteiger partial charge on any atom is -0.439 e. The van der Waals surface area contributed by atoms with Crippen molar-refractivity contribution in [2.24, 2.45) is 5.73 Å². The van der Waals surface area contributed by atoms with E-state index < -0.39 is 23.6 Å². The number of nitrogens with zero attached hydrogens (tertiary/aromatic N) is 1. The Morgan fingerprint density at radius 2 is 1.69 bits per heavy atom. The molecule has 0 saturated heterocycles. The predicted octanol–water partition coefficient (Wildman–Crippen LogP) is 4.24. The second-order valence-electron chi connectivity index (χ2n) is 5.91. The molecule has 0 radical (unpaired) electrons. The fourth-order valence-electron chi connectivity index (χ4n) is 2.36. The van der Waals surface area contributed by atoms with E-state index >= 15 is 0 Å². The molecule has 0 aliphatic heterocycles. The Labute approximate surface area is 163 Å². The first kappa shape index (κ1) is 19.9. The quantitative estimate of drug-likeness (QED) is 0.669. The summed E-state index contributed by atoms with van der Waals surface area (Å²) in [5.74, 6) is -0.609. The summed E-state index contributed by atoms with van der Waals surface area (Å²) in [6.45, 7) is 0. The van der Waals surface area contributed by atoms with Crippen LogP contribution in [0.5, 0.6) is 11.6 Å². The van der Waals surface area contributed by atoms with Gasteiger partial charge in [-0.3, -0.25) is 9.59 Å². The van der Waals surface area contributed by atoms with E-state index in [9.17, 15) is 22.8 Å². The van der Waals surface area contributed by atoms with Gasteiger partial charge in [-0.05, 0) is 48.5 Å². The third-order valence-corrected chi connectivity index (χ3v) is 3.81. The van der Waals surface area contributed by atoms with Crippen LogP contribution in [0.2, 0.25) is 0 Å². The molecule has 1 heterocycles. The molecule has 148 valence electrons. The maximum atomic E-state index is 12.6. The van der Waals surface area contributed by atoms with Crippen LogP contribution in [-0.4, -0.2) is 16.8 Å². The number of rotatable bonds is 5. The number of primary amides is 1. The van der Waals surface area contributed by atoms with Gasteiger partial charge < -0.3 is 15.8 Å². The summed E-state index contributed by atoms with van der Waals surface area (Å²) in [5.41, 5.74) is 5.06. The predicted molar refractivity (Wildman–Crippen MR) is 98.7 cm³/mol. The molecule has 0 bridgehead atoms. The minimum absolute atomic E-state index is 0.0709. The van der Waals surface area contributed by atoms with Crippen molar-refractivity contribution in [2.75, 3.05) is 5.32 Å². The number of benzene rings is 2. The maximum absolute atomic E-state index is 12.6. The van der Waals surface area contributed by atoms with E-state index in [4.69, 9.17) is 10.5 Å². The highest BCUT2D eigenvalue weighted by Gasteiger charge is 2.30. The van der Waals surface area contributed by atoms with Gasteiger partial charge in [-0.25, -0.2) is 4.98 Å². The SMILES string of the molecule is NC(=O)c1cccc(Oc2ccc(NC(=O)c3ccc(C(F)(F)F)cc3)cn2)c1. The summed E-state index contributed by atoms with van der Waals surface area (Å²) < 4.78 is 43.3. The zero-order valence-electron chi connectivity index (χ0n) is 14.7. The Balaban J connectivity index is 1.65. The highest BCUT2D eigenvalue weighted by molar-refractivity contribution is 6.04. The van der Waals surface area contributed by atoms with Crippen LogP contribution in [0.4, 0.5) is 18.9 Å². The van der Waals surface area contributed by atoms with Crippen molar-refractivity contribution >= 4 is 17.5 Å². The number of nitrogens with two attached hydrogens (primary N) is 1. The Hall–Kier alpha value is -3.88. The lowest BCUT2D eigenvalue weighted by atomic mass is 10.1. The van der Waals surface area contributed by atoms with Crippen molar-refractivity contribution in [3.05, 3.63) is 83.6 Å². The van der Waals surface area contributed by atoms with E-state index in [0.717, 1.165) is 24.3 Å². The molecule has 0 unspecified atom stereocenters. The van der Waals surface area contributed by atoms with Crippen LogP contribution in [0.15, 0.2) is 66.9 Å². The molecule has 29 heavy (non-hydrogen) atoms. The molecule has 3 N–H and O–H groups in total. The summed E-state index contributed by atoms with van der Waals surface area (Å²) in [6, 6.07) is 13.1. The molecule has 9 heteroatoms. The highest BCUT2D eigenvalue weighted by Crippen LogP contribution is 2.29. The number of alkyl halides is 3. The van der Waals surface area contributed by atoms with Crippen molar-refractivity contribution < 1.29 is 27.5 Å². The molecule has 6 nitrogen and oxygen atoms in total. The van der Waals surface area contributed by atoms with Gasteiger partial charge in [-0.2, -0.15) is 13.2 Å². The average Bonchev–Trinajstić information content (AvgIpc) is 2.69. The van der Waals surface area contributed by atoms with Gasteiger partial charge in [-0.15, -0.1) is 0 Å². The highest BCUT2D eigenvalue weighted by atomic mass is 19.4. The largest absolute Gasteiger partial charge is 0.439 e. The average molecular weight is 401 g/mol. The topological polar surface area (TPSA) is 94.3 Å². The lowest BCUT2D eigenvalue weighted by Crippen LogP contribution is -2.13. The van der Waals surface area contributed by atoms with Crippen LogP contribution in [0.25, 0.3) is 0 Å². The summed E-state index contributed by atoms with van der Waals surface area (Å²) >= 11 is 0. The maximum Gasteiger partial charge on any atom is 0.416 e. The van der Waals surface area contributed by atoms with Gasteiger partial charge >= 0.3 is 6.18 Å². The van der Waals surface area contributed by atoms with Crippen LogP contribution >= 0.6 is 0 Å². The molecule has 2 aromatic carbocycles. The zero-order valence-corrected chi connectivity index (χ0v) is 14.7. The number of halogens is 3. The second-order valence-corrected chi connectivity index (χ2v) is 5.91. The molecule has 0 atom stereocenters. The summed E-state index contributed by atoms with van der Waals surface area (Å²) in [5, 5.41) is 2.53. The van der Waals surface area contributed by atoms with Gasteiger partial charge in [0.1, 0.15) is 5.75 Å². The summed E-state index contributed by atoms with van der Waals surface area (Å²) in [7, 11) is 0. The number of carbonyl (C=O) groups excluding carboxylic acids is 2. The van der Waals surface area contributed by atoms with Gasteiger partial charge in [0.2, 0.25) is 11.8 Å². The lowest BCUT2D eigenvalue weighted by molar-refractivity contribution is -0.137. The summed E-state index contributed by atoms with van der Waals surface area (Å²) in [6.07, 6.45) is -3.14. The number of hydrogen-bond donors (Lipinski definition) is 2. The molecule has 2 amide bonds. The first-order valence-electron chi connectivity index (χ1n) is 8.25. The molecule has 1 aromatic heterocycles. The van der Waals surface area contributed by atoms with Crippen LogP contribution in [0.3, 0.4) is 0 Å². The van der Waals surface area contributed by atoms with Gasteiger partial charge in [0.25, 0.3) is 5.91 Å². The number of hydrogen-bond acceptors (Lipinski definition) is 4. The molecule has 0 aliphatic carbocycles. The Kier molecular flexibility index (Phi) is 5.49. The summed E-state index contributed by atoms with van der Waals surface area (Å²) in [4.78, 5) is 27.4. The van der Waals surface area contributed by atoms with Crippen molar-refractivity contribution in [2.45, 2.75) is 6.18 Å². The molecule has 0 fully saturated rings. The first-order valence-corrected chi connectivity index (χ1v) is 8.25. The fraction of sp³-hybridized carbons (Fsp3) is 0.0500. The number of anilines is 1. The van der Waals surface area contributed by atoms with E-state index in [1.54, 1.807) is 18.2 Å². The van der Waals surface area contributed by atoms with E-state index in [2.05, 4.69) is 10.3 Å². The number of amides is 2. The fourth-order valence-corrected chi connectivity index (χ4v) is 2.36. The zero-order chi connectivity index (χ0) is 21.0. The number of pyridine rings is 1. The number of aromatic nitrogens is 1. The standard InChI is InChI=1S/C20H14F3N3O3/c21-20(22,23)14-6-4-12(5-7-14)19(28)26-15-8-9-17(25-11-15)29-16-3-1-2-13(10-16)18(24)27/h1-11H,(H2,24,27)(H,26,28). The number of carbonyl (C=O) groups is 2. The molecular weight excluding hydrogens is 387 g/mol. The van der Waals surface area contributed by atoms with E-state index in [1.165, 1.54) is 24.4 Å². The molecule has 3 rings (SSSR count). The van der Waals surface area contributed by atoms with Gasteiger partial charge in [0, 0.05) is 17.2 Å². The van der Waals surface area contributed by atoms with Crippen molar-refractivity contribution in [1.29, 1.82) is 0 Å². The van der Waals surface area contributed by atoms with E-state index in [1.807, 2.05) is 0 Å². The lowest BCUT2D eigenvalue weighted by Gasteiger charge is -2.09. The van der Waals surface area contributed by atoms with Crippen LogP contribution in [0.1, 0.15) is 26.3 Å². The molecule has 0 saturated carbocycles.